The highest BCUT2D eigenvalue weighted by Crippen LogP contribution is 2.15. The lowest BCUT2D eigenvalue weighted by atomic mass is 10.3. The Morgan fingerprint density at radius 2 is 1.68 bits per heavy atom. The summed E-state index contributed by atoms with van der Waals surface area (Å²) in [7, 11) is 0. The fraction of sp³-hybridized carbons (Fsp3) is 0.467. The van der Waals surface area contributed by atoms with Crippen LogP contribution in [0, 0.1) is 0 Å². The van der Waals surface area contributed by atoms with E-state index < -0.39 is 0 Å². The Kier molecular flexibility index (Phi) is 5.97. The molecule has 7 heteroatoms. The van der Waals surface area contributed by atoms with E-state index in [1.807, 2.05) is 18.1 Å². The molecule has 0 saturated carbocycles. The number of benzene rings is 1. The van der Waals surface area contributed by atoms with Crippen molar-refractivity contribution in [3.05, 3.63) is 29.3 Å². The van der Waals surface area contributed by atoms with Gasteiger partial charge in [-0.05, 0) is 37.4 Å². The van der Waals surface area contributed by atoms with Crippen LogP contribution in [0.2, 0.25) is 5.02 Å². The largest absolute Gasteiger partial charge is 0.338 e. The second-order valence-electron chi connectivity index (χ2n) is 5.13. The zero-order chi connectivity index (χ0) is 16.1. The molecule has 1 fully saturated rings. The van der Waals surface area contributed by atoms with Gasteiger partial charge >= 0.3 is 6.03 Å². The number of nitrogens with zero attached hydrogens (tertiary/aromatic N) is 2. The summed E-state index contributed by atoms with van der Waals surface area (Å²) in [6, 6.07) is 6.85. The number of hydrogen-bond donors (Lipinski definition) is 1. The summed E-state index contributed by atoms with van der Waals surface area (Å²) in [5.74, 6) is 0.144. The predicted octanol–water partition coefficient (Wildman–Crippen LogP) is 2.77. The monoisotopic (exact) mass is 341 g/mol. The maximum absolute atomic E-state index is 12.2. The van der Waals surface area contributed by atoms with E-state index >= 15 is 0 Å². The summed E-state index contributed by atoms with van der Waals surface area (Å²) in [5.41, 5.74) is 0.712. The molecule has 1 heterocycles. The molecule has 0 aliphatic carbocycles. The quantitative estimate of drug-likeness (QED) is 0.919. The molecule has 0 aromatic heterocycles. The summed E-state index contributed by atoms with van der Waals surface area (Å²) in [4.78, 5) is 27.8. The van der Waals surface area contributed by atoms with Crippen molar-refractivity contribution in [1.29, 1.82) is 0 Å². The third kappa shape index (κ3) is 4.30. The number of carbonyl (C=O) groups is 2. The number of nitrogens with one attached hydrogen (secondary N) is 1. The number of piperazine rings is 1. The van der Waals surface area contributed by atoms with Crippen molar-refractivity contribution in [2.45, 2.75) is 12.2 Å². The van der Waals surface area contributed by atoms with Crippen LogP contribution in [0.15, 0.2) is 24.3 Å². The number of hydrogen-bond acceptors (Lipinski definition) is 3. The summed E-state index contributed by atoms with van der Waals surface area (Å²) in [5, 5.41) is 3.44. The smallest absolute Gasteiger partial charge is 0.321 e. The number of carbonyl (C=O) groups excluding carboxylic acids is 2. The lowest BCUT2D eigenvalue weighted by Crippen LogP contribution is -2.53. The molecule has 0 bridgehead atoms. The molecule has 1 aromatic carbocycles. The molecule has 22 heavy (non-hydrogen) atoms. The first-order chi connectivity index (χ1) is 10.5. The summed E-state index contributed by atoms with van der Waals surface area (Å²) in [6.07, 6.45) is 1.93. The standard InChI is InChI=1S/C15H20ClN3O2S/c1-11(22-2)14(20)18-7-9-19(10-8-18)15(21)17-13-5-3-12(16)4-6-13/h3-6,11H,7-10H2,1-2H3,(H,17,21)/t11-/m0/s1. The molecule has 3 amide bonds. The van der Waals surface area contributed by atoms with E-state index in [0.717, 1.165) is 0 Å². The molecule has 1 aliphatic rings. The molecular formula is C15H20ClN3O2S. The van der Waals surface area contributed by atoms with Crippen LogP contribution >= 0.6 is 23.4 Å². The van der Waals surface area contributed by atoms with Crippen molar-refractivity contribution in [3.63, 3.8) is 0 Å². The third-order valence-corrected chi connectivity index (χ3v) is 4.84. The average molecular weight is 342 g/mol. The Morgan fingerprint density at radius 1 is 1.14 bits per heavy atom. The van der Waals surface area contributed by atoms with Gasteiger partial charge in [-0.1, -0.05) is 11.6 Å². The molecule has 2 rings (SSSR count). The molecule has 1 N–H and O–H groups in total. The van der Waals surface area contributed by atoms with Crippen LogP contribution in [0.25, 0.3) is 0 Å². The molecule has 0 spiro atoms. The Labute approximate surface area is 140 Å². The zero-order valence-corrected chi connectivity index (χ0v) is 14.3. The number of urea groups is 1. The molecule has 1 aromatic rings. The van der Waals surface area contributed by atoms with Crippen molar-refractivity contribution < 1.29 is 9.59 Å². The van der Waals surface area contributed by atoms with E-state index in [1.165, 1.54) is 0 Å². The van der Waals surface area contributed by atoms with E-state index in [-0.39, 0.29) is 17.2 Å². The minimum absolute atomic E-state index is 0.0329. The lowest BCUT2D eigenvalue weighted by molar-refractivity contribution is -0.131. The van der Waals surface area contributed by atoms with Crippen molar-refractivity contribution in [1.82, 2.24) is 9.80 Å². The highest BCUT2D eigenvalue weighted by atomic mass is 35.5. The first-order valence-electron chi connectivity index (χ1n) is 7.14. The minimum Gasteiger partial charge on any atom is -0.338 e. The Hall–Kier alpha value is -1.40. The molecule has 0 radical (unpaired) electrons. The molecule has 5 nitrogen and oxygen atoms in total. The first-order valence-corrected chi connectivity index (χ1v) is 8.81. The summed E-state index contributed by atoms with van der Waals surface area (Å²) in [6.45, 7) is 4.17. The third-order valence-electron chi connectivity index (χ3n) is 3.68. The van der Waals surface area contributed by atoms with Crippen LogP contribution in [-0.4, -0.2) is 59.4 Å². The number of halogens is 1. The predicted molar refractivity (Wildman–Crippen MR) is 91.6 cm³/mol. The minimum atomic E-state index is -0.146. The van der Waals surface area contributed by atoms with Gasteiger partial charge in [-0.15, -0.1) is 0 Å². The Balaban J connectivity index is 1.84. The molecule has 1 saturated heterocycles. The number of rotatable bonds is 3. The number of anilines is 1. The van der Waals surface area contributed by atoms with Crippen molar-refractivity contribution in [3.8, 4) is 0 Å². The fourth-order valence-corrected chi connectivity index (χ4v) is 2.70. The molecule has 1 atom stereocenters. The van der Waals surface area contributed by atoms with E-state index in [1.54, 1.807) is 40.9 Å². The highest BCUT2D eigenvalue weighted by molar-refractivity contribution is 7.99. The van der Waals surface area contributed by atoms with E-state index in [4.69, 9.17) is 11.6 Å². The van der Waals surface area contributed by atoms with Gasteiger partial charge in [0.05, 0.1) is 5.25 Å². The van der Waals surface area contributed by atoms with Crippen LogP contribution < -0.4 is 5.32 Å². The van der Waals surface area contributed by atoms with Gasteiger partial charge < -0.3 is 15.1 Å². The van der Waals surface area contributed by atoms with Gasteiger partial charge in [0.2, 0.25) is 5.91 Å². The fourth-order valence-electron chi connectivity index (χ4n) is 2.22. The van der Waals surface area contributed by atoms with Crippen molar-refractivity contribution >= 4 is 41.0 Å². The van der Waals surface area contributed by atoms with Crippen LogP contribution in [0.5, 0.6) is 0 Å². The number of thioether (sulfide) groups is 1. The topological polar surface area (TPSA) is 52.7 Å². The molecule has 120 valence electrons. The molecule has 1 aliphatic heterocycles. The van der Waals surface area contributed by atoms with Crippen molar-refractivity contribution in [2.24, 2.45) is 0 Å². The van der Waals surface area contributed by atoms with Gasteiger partial charge in [-0.25, -0.2) is 4.79 Å². The molecule has 0 unspecified atom stereocenters. The van der Waals surface area contributed by atoms with Crippen LogP contribution in [0.3, 0.4) is 0 Å². The van der Waals surface area contributed by atoms with E-state index in [9.17, 15) is 9.59 Å². The normalized spacial score (nSPS) is 16.3. The van der Waals surface area contributed by atoms with E-state index in [0.29, 0.717) is 36.9 Å². The van der Waals surface area contributed by atoms with Gasteiger partial charge in [0.15, 0.2) is 0 Å². The van der Waals surface area contributed by atoms with Gasteiger partial charge in [0, 0.05) is 36.9 Å². The van der Waals surface area contributed by atoms with Gasteiger partial charge in [-0.2, -0.15) is 11.8 Å². The average Bonchev–Trinajstić information content (AvgIpc) is 2.55. The van der Waals surface area contributed by atoms with Gasteiger partial charge in [-0.3, -0.25) is 4.79 Å². The van der Waals surface area contributed by atoms with Crippen LogP contribution in [-0.2, 0) is 4.79 Å². The Morgan fingerprint density at radius 3 is 2.23 bits per heavy atom. The second kappa shape index (κ2) is 7.74. The highest BCUT2D eigenvalue weighted by Gasteiger charge is 2.26. The van der Waals surface area contributed by atoms with Crippen LogP contribution in [0.4, 0.5) is 10.5 Å². The maximum atomic E-state index is 12.2. The molecular weight excluding hydrogens is 322 g/mol. The van der Waals surface area contributed by atoms with E-state index in [2.05, 4.69) is 5.32 Å². The first kappa shape index (κ1) is 17.0. The van der Waals surface area contributed by atoms with Gasteiger partial charge in [0.1, 0.15) is 0 Å². The Bertz CT molecular complexity index is 530. The summed E-state index contributed by atoms with van der Waals surface area (Å²) >= 11 is 7.36. The maximum Gasteiger partial charge on any atom is 0.321 e. The van der Waals surface area contributed by atoms with Crippen LogP contribution in [0.1, 0.15) is 6.92 Å². The lowest BCUT2D eigenvalue weighted by Gasteiger charge is -2.35. The SMILES string of the molecule is CS[C@@H](C)C(=O)N1CCN(C(=O)Nc2ccc(Cl)cc2)CC1. The van der Waals surface area contributed by atoms with Crippen molar-refractivity contribution in [2.75, 3.05) is 37.8 Å². The zero-order valence-electron chi connectivity index (χ0n) is 12.7. The number of amides is 3. The van der Waals surface area contributed by atoms with Gasteiger partial charge in [0.25, 0.3) is 0 Å². The summed E-state index contributed by atoms with van der Waals surface area (Å²) < 4.78 is 0. The second-order valence-corrected chi connectivity index (χ2v) is 6.74.